The van der Waals surface area contributed by atoms with Gasteiger partial charge >= 0.3 is 24.1 Å². The molecule has 0 aliphatic carbocycles. The highest BCUT2D eigenvalue weighted by Crippen LogP contribution is 2.08. The topological polar surface area (TPSA) is 170 Å². The van der Waals surface area contributed by atoms with Crippen LogP contribution in [0.4, 0.5) is 9.59 Å². The Kier molecular flexibility index (Phi) is 16.3. The lowest BCUT2D eigenvalue weighted by Crippen LogP contribution is -2.44. The number of hydrogen-bond donors (Lipinski definition) is 2. The molecule has 0 unspecified atom stereocenters. The van der Waals surface area contributed by atoms with Crippen LogP contribution in [0.1, 0.15) is 67.2 Å². The molecule has 14 nitrogen and oxygen atoms in total. The molecular weight excluding hydrogens is 528 g/mol. The van der Waals surface area contributed by atoms with Gasteiger partial charge in [0.1, 0.15) is 11.2 Å². The van der Waals surface area contributed by atoms with E-state index in [0.29, 0.717) is 0 Å². The second kappa shape index (κ2) is 17.9. The Morgan fingerprint density at radius 3 is 1.15 bits per heavy atom. The molecule has 0 fully saturated rings. The van der Waals surface area contributed by atoms with Crippen molar-refractivity contribution in [1.29, 1.82) is 0 Å². The Hall–Kier alpha value is -3.58. The molecule has 0 radical (unpaired) electrons. The maximum atomic E-state index is 12.9. The average Bonchev–Trinajstić information content (AvgIpc) is 2.82. The van der Waals surface area contributed by atoms with E-state index < -0.39 is 35.3 Å². The van der Waals surface area contributed by atoms with E-state index in [1.807, 2.05) is 0 Å². The molecule has 0 atom stereocenters. The minimum Gasteiger partial charge on any atom is -0.469 e. The Bertz CT molecular complexity index is 795. The third kappa shape index (κ3) is 18.6. The van der Waals surface area contributed by atoms with Crippen molar-refractivity contribution < 1.29 is 47.7 Å². The van der Waals surface area contributed by atoms with E-state index in [1.54, 1.807) is 41.5 Å². The standard InChI is InChI=1S/C26H46N4O10/c1-25(2,3)39-23(35)27-13-9-19(31)29(15-11-21(33)37-7)17-18-30(16-12-22(34)38-8)20(32)10-14-28-24(36)40-26(4,5)6/h9-18H2,1-8H3,(H,27,35)(H,28,36). The highest BCUT2D eigenvalue weighted by molar-refractivity contribution is 5.79. The predicted molar refractivity (Wildman–Crippen MR) is 144 cm³/mol. The van der Waals surface area contributed by atoms with Crippen LogP contribution in [0.25, 0.3) is 0 Å². The average molecular weight is 575 g/mol. The van der Waals surface area contributed by atoms with Gasteiger partial charge in [-0.2, -0.15) is 0 Å². The minimum atomic E-state index is -0.691. The zero-order valence-electron chi connectivity index (χ0n) is 25.0. The van der Waals surface area contributed by atoms with Gasteiger partial charge in [-0.15, -0.1) is 0 Å². The summed E-state index contributed by atoms with van der Waals surface area (Å²) in [5, 5.41) is 5.02. The smallest absolute Gasteiger partial charge is 0.407 e. The number of hydrogen-bond acceptors (Lipinski definition) is 10. The highest BCUT2D eigenvalue weighted by atomic mass is 16.6. The first-order chi connectivity index (χ1) is 18.5. The number of carbonyl (C=O) groups is 6. The van der Waals surface area contributed by atoms with Crippen LogP contribution in [0.15, 0.2) is 0 Å². The summed E-state index contributed by atoms with van der Waals surface area (Å²) in [7, 11) is 2.47. The minimum absolute atomic E-state index is 0.00376. The van der Waals surface area contributed by atoms with Crippen molar-refractivity contribution in [3.05, 3.63) is 0 Å². The number of amides is 4. The molecule has 0 saturated heterocycles. The molecule has 14 heteroatoms. The van der Waals surface area contributed by atoms with Crippen LogP contribution >= 0.6 is 0 Å². The number of methoxy groups -OCH3 is 2. The van der Waals surface area contributed by atoms with Crippen LogP contribution in [0, 0.1) is 0 Å². The van der Waals surface area contributed by atoms with Gasteiger partial charge < -0.3 is 39.4 Å². The van der Waals surface area contributed by atoms with Crippen LogP contribution in [0.3, 0.4) is 0 Å². The molecule has 0 rings (SSSR count). The fourth-order valence-corrected chi connectivity index (χ4v) is 3.11. The summed E-state index contributed by atoms with van der Waals surface area (Å²) in [5.41, 5.74) is -1.38. The van der Waals surface area contributed by atoms with Gasteiger partial charge in [-0.3, -0.25) is 19.2 Å². The maximum Gasteiger partial charge on any atom is 0.407 e. The monoisotopic (exact) mass is 574 g/mol. The first kappa shape index (κ1) is 36.4. The van der Waals surface area contributed by atoms with Crippen molar-refractivity contribution in [3.8, 4) is 0 Å². The lowest BCUT2D eigenvalue weighted by Gasteiger charge is -2.28. The molecule has 230 valence electrons. The lowest BCUT2D eigenvalue weighted by atomic mass is 10.2. The summed E-state index contributed by atoms with van der Waals surface area (Å²) in [5.74, 6) is -1.77. The quantitative estimate of drug-likeness (QED) is 0.216. The van der Waals surface area contributed by atoms with Crippen LogP contribution in [-0.2, 0) is 38.1 Å². The molecule has 0 aromatic rings. The molecule has 0 aromatic heterocycles. The van der Waals surface area contributed by atoms with E-state index in [9.17, 15) is 28.8 Å². The van der Waals surface area contributed by atoms with E-state index in [0.717, 1.165) is 0 Å². The molecule has 4 amide bonds. The SMILES string of the molecule is COC(=O)CCN(CCN(CCC(=O)OC)C(=O)CCNC(=O)OC(C)(C)C)C(=O)CCNC(=O)OC(C)(C)C. The normalized spacial score (nSPS) is 11.1. The summed E-state index contributed by atoms with van der Waals surface area (Å²) in [6.45, 7) is 10.5. The maximum absolute atomic E-state index is 12.9. The molecule has 0 aliphatic heterocycles. The molecule has 40 heavy (non-hydrogen) atoms. The third-order valence-corrected chi connectivity index (χ3v) is 4.99. The van der Waals surface area contributed by atoms with E-state index in [2.05, 4.69) is 20.1 Å². The number of rotatable bonds is 15. The lowest BCUT2D eigenvalue weighted by molar-refractivity contribution is -0.144. The van der Waals surface area contributed by atoms with Gasteiger partial charge in [0.2, 0.25) is 11.8 Å². The summed E-state index contributed by atoms with van der Waals surface area (Å²) in [6.07, 6.45) is -1.62. The predicted octanol–water partition coefficient (Wildman–Crippen LogP) is 1.60. The van der Waals surface area contributed by atoms with Crippen LogP contribution in [0.2, 0.25) is 0 Å². The second-order valence-corrected chi connectivity index (χ2v) is 10.8. The van der Waals surface area contributed by atoms with Crippen molar-refractivity contribution >= 4 is 35.9 Å². The largest absolute Gasteiger partial charge is 0.469 e. The van der Waals surface area contributed by atoms with Crippen molar-refractivity contribution in [1.82, 2.24) is 20.4 Å². The first-order valence-electron chi connectivity index (χ1n) is 13.1. The fraction of sp³-hybridized carbons (Fsp3) is 0.769. The van der Waals surface area contributed by atoms with Gasteiger partial charge in [-0.25, -0.2) is 9.59 Å². The van der Waals surface area contributed by atoms with Crippen molar-refractivity contribution in [2.75, 3.05) is 53.5 Å². The van der Waals surface area contributed by atoms with Gasteiger partial charge in [-0.1, -0.05) is 0 Å². The molecule has 0 spiro atoms. The number of carbonyl (C=O) groups excluding carboxylic acids is 6. The van der Waals surface area contributed by atoms with Gasteiger partial charge in [0, 0.05) is 52.1 Å². The number of nitrogens with zero attached hydrogens (tertiary/aromatic N) is 2. The van der Waals surface area contributed by atoms with Crippen molar-refractivity contribution in [2.24, 2.45) is 0 Å². The van der Waals surface area contributed by atoms with E-state index in [4.69, 9.17) is 9.47 Å². The van der Waals surface area contributed by atoms with Gasteiger partial charge in [0.25, 0.3) is 0 Å². The summed E-state index contributed by atoms with van der Waals surface area (Å²) in [4.78, 5) is 75.7. The van der Waals surface area contributed by atoms with Crippen molar-refractivity contribution in [3.63, 3.8) is 0 Å². The second-order valence-electron chi connectivity index (χ2n) is 10.8. The summed E-state index contributed by atoms with van der Waals surface area (Å²) < 4.78 is 19.6. The first-order valence-corrected chi connectivity index (χ1v) is 13.1. The number of esters is 2. The number of nitrogens with one attached hydrogen (secondary N) is 2. The summed E-state index contributed by atoms with van der Waals surface area (Å²) >= 11 is 0. The third-order valence-electron chi connectivity index (χ3n) is 4.99. The molecule has 2 N–H and O–H groups in total. The Labute approximate surface area is 236 Å². The van der Waals surface area contributed by atoms with Gasteiger partial charge in [0.15, 0.2) is 0 Å². The molecule has 0 aromatic carbocycles. The molecule has 0 heterocycles. The van der Waals surface area contributed by atoms with Crippen molar-refractivity contribution in [2.45, 2.75) is 78.4 Å². The number of alkyl carbamates (subject to hydrolysis) is 2. The highest BCUT2D eigenvalue weighted by Gasteiger charge is 2.22. The Morgan fingerprint density at radius 1 is 0.550 bits per heavy atom. The zero-order chi connectivity index (χ0) is 30.9. The fourth-order valence-electron chi connectivity index (χ4n) is 3.11. The van der Waals surface area contributed by atoms with E-state index in [-0.39, 0.29) is 76.8 Å². The Morgan fingerprint density at radius 2 is 0.875 bits per heavy atom. The van der Waals surface area contributed by atoms with E-state index >= 15 is 0 Å². The van der Waals surface area contributed by atoms with E-state index in [1.165, 1.54) is 24.0 Å². The Balaban J connectivity index is 5.25. The molecular formula is C26H46N4O10. The van der Waals surface area contributed by atoms with Gasteiger partial charge in [0.05, 0.1) is 27.1 Å². The molecule has 0 aliphatic rings. The summed E-state index contributed by atoms with van der Waals surface area (Å²) in [6, 6.07) is 0. The molecule has 0 saturated carbocycles. The zero-order valence-corrected chi connectivity index (χ0v) is 25.0. The van der Waals surface area contributed by atoms with Crippen LogP contribution < -0.4 is 10.6 Å². The van der Waals surface area contributed by atoms with Gasteiger partial charge in [-0.05, 0) is 41.5 Å². The molecule has 0 bridgehead atoms. The van der Waals surface area contributed by atoms with Crippen LogP contribution in [0.5, 0.6) is 0 Å². The number of ether oxygens (including phenoxy) is 4. The van der Waals surface area contributed by atoms with Crippen LogP contribution in [-0.4, -0.2) is 110 Å².